The minimum Gasteiger partial charge on any atom is -0.485 e. The Kier molecular flexibility index (Phi) is 4.55. The maximum Gasteiger partial charge on any atom is 0.288 e. The van der Waals surface area contributed by atoms with Gasteiger partial charge in [0, 0.05) is 17.7 Å². The van der Waals surface area contributed by atoms with Gasteiger partial charge in [-0.25, -0.2) is 0 Å². The van der Waals surface area contributed by atoms with Crippen LogP contribution in [0.2, 0.25) is 5.02 Å². The fourth-order valence-corrected chi connectivity index (χ4v) is 2.08. The van der Waals surface area contributed by atoms with Crippen molar-refractivity contribution in [1.82, 2.24) is 0 Å². The summed E-state index contributed by atoms with van der Waals surface area (Å²) in [6.45, 7) is 1.69. The molecule has 0 aromatic heterocycles. The zero-order chi connectivity index (χ0) is 15.4. The molecule has 0 fully saturated rings. The molecule has 0 N–H and O–H groups in total. The molecule has 0 aliphatic rings. The van der Waals surface area contributed by atoms with Crippen molar-refractivity contribution in [2.24, 2.45) is 0 Å². The van der Waals surface area contributed by atoms with Gasteiger partial charge in [0.25, 0.3) is 5.69 Å². The maximum absolute atomic E-state index is 12.0. The van der Waals surface area contributed by atoms with Crippen LogP contribution >= 0.6 is 11.6 Å². The number of nitrogens with zero attached hydrogens (tertiary/aromatic N) is 1. The van der Waals surface area contributed by atoms with Crippen molar-refractivity contribution in [3.05, 3.63) is 68.7 Å². The van der Waals surface area contributed by atoms with Crippen LogP contribution < -0.4 is 4.74 Å². The number of nitro benzene ring substituents is 1. The summed E-state index contributed by atoms with van der Waals surface area (Å²) >= 11 is 5.78. The Morgan fingerprint density at radius 2 is 2.00 bits per heavy atom. The number of carbonyl (C=O) groups excluding carboxylic acids is 1. The van der Waals surface area contributed by atoms with E-state index >= 15 is 0 Å². The van der Waals surface area contributed by atoms with Gasteiger partial charge in [0.2, 0.25) is 0 Å². The van der Waals surface area contributed by atoms with Crippen LogP contribution in [0.25, 0.3) is 0 Å². The van der Waals surface area contributed by atoms with Gasteiger partial charge in [-0.3, -0.25) is 14.9 Å². The van der Waals surface area contributed by atoms with Crippen LogP contribution in [-0.4, -0.2) is 17.3 Å². The van der Waals surface area contributed by atoms with Crippen LogP contribution in [0.4, 0.5) is 5.69 Å². The first kappa shape index (κ1) is 15.0. The summed E-state index contributed by atoms with van der Waals surface area (Å²) in [5.41, 5.74) is 1.26. The normalized spacial score (nSPS) is 10.2. The number of hydrogen-bond acceptors (Lipinski definition) is 4. The maximum atomic E-state index is 12.0. The van der Waals surface area contributed by atoms with E-state index in [0.717, 1.165) is 5.56 Å². The number of Topliss-reactive ketones (excluding diaryl/α,β-unsaturated/α-hetero) is 1. The summed E-state index contributed by atoms with van der Waals surface area (Å²) in [5.74, 6) is 0.148. The number of carbonyl (C=O) groups is 1. The molecule has 2 aromatic carbocycles. The molecule has 0 saturated heterocycles. The molecule has 5 nitrogen and oxygen atoms in total. The van der Waals surface area contributed by atoms with Crippen LogP contribution in [0.5, 0.6) is 5.75 Å². The molecular weight excluding hydrogens is 294 g/mol. The van der Waals surface area contributed by atoms with Crippen molar-refractivity contribution < 1.29 is 14.5 Å². The van der Waals surface area contributed by atoms with Crippen molar-refractivity contribution >= 4 is 23.1 Å². The molecule has 108 valence electrons. The molecule has 2 rings (SSSR count). The Morgan fingerprint density at radius 3 is 2.62 bits per heavy atom. The molecule has 0 spiro atoms. The second-order valence-electron chi connectivity index (χ2n) is 4.40. The van der Waals surface area contributed by atoms with Crippen LogP contribution in [0.15, 0.2) is 42.5 Å². The first-order valence-corrected chi connectivity index (χ1v) is 6.52. The number of halogens is 1. The summed E-state index contributed by atoms with van der Waals surface area (Å²) in [7, 11) is 0. The fourth-order valence-electron chi connectivity index (χ4n) is 1.84. The molecule has 0 aliphatic heterocycles. The smallest absolute Gasteiger partial charge is 0.288 e. The van der Waals surface area contributed by atoms with Gasteiger partial charge in [0.15, 0.2) is 12.4 Å². The summed E-state index contributed by atoms with van der Waals surface area (Å²) in [4.78, 5) is 22.1. The van der Waals surface area contributed by atoms with Gasteiger partial charge in [-0.15, -0.1) is 0 Å². The summed E-state index contributed by atoms with van der Waals surface area (Å²) in [6.07, 6.45) is 0. The van der Waals surface area contributed by atoms with Crippen LogP contribution in [-0.2, 0) is 0 Å². The van der Waals surface area contributed by atoms with Crippen molar-refractivity contribution in [2.45, 2.75) is 6.92 Å². The van der Waals surface area contributed by atoms with Gasteiger partial charge in [-0.05, 0) is 18.6 Å². The third-order valence-electron chi connectivity index (χ3n) is 2.93. The number of ketones is 1. The van der Waals surface area contributed by atoms with Crippen molar-refractivity contribution in [1.29, 1.82) is 0 Å². The molecule has 6 heteroatoms. The minimum atomic E-state index is -0.579. The topological polar surface area (TPSA) is 69.4 Å². The van der Waals surface area contributed by atoms with E-state index in [0.29, 0.717) is 11.3 Å². The highest BCUT2D eigenvalue weighted by atomic mass is 35.5. The van der Waals surface area contributed by atoms with E-state index in [1.165, 1.54) is 18.2 Å². The molecular formula is C15H12ClNO4. The van der Waals surface area contributed by atoms with Crippen LogP contribution in [0.1, 0.15) is 15.9 Å². The van der Waals surface area contributed by atoms with Crippen molar-refractivity contribution in [3.8, 4) is 5.75 Å². The van der Waals surface area contributed by atoms with E-state index in [2.05, 4.69) is 0 Å². The average Bonchev–Trinajstić information content (AvgIpc) is 2.45. The molecule has 0 unspecified atom stereocenters. The highest BCUT2D eigenvalue weighted by Gasteiger charge is 2.14. The van der Waals surface area contributed by atoms with Gasteiger partial charge in [-0.2, -0.15) is 0 Å². The van der Waals surface area contributed by atoms with Crippen LogP contribution in [0.3, 0.4) is 0 Å². The Hall–Kier alpha value is -2.40. The van der Waals surface area contributed by atoms with E-state index in [1.54, 1.807) is 12.1 Å². The Morgan fingerprint density at radius 1 is 1.29 bits per heavy atom. The lowest BCUT2D eigenvalue weighted by molar-refractivity contribution is -0.384. The summed E-state index contributed by atoms with van der Waals surface area (Å²) in [5, 5.41) is 10.6. The lowest BCUT2D eigenvalue weighted by Gasteiger charge is -2.07. The lowest BCUT2D eigenvalue weighted by Crippen LogP contribution is -2.12. The van der Waals surface area contributed by atoms with Crippen LogP contribution in [0, 0.1) is 17.0 Å². The van der Waals surface area contributed by atoms with Gasteiger partial charge in [-0.1, -0.05) is 35.9 Å². The van der Waals surface area contributed by atoms with Gasteiger partial charge >= 0.3 is 0 Å². The van der Waals surface area contributed by atoms with E-state index in [-0.39, 0.29) is 23.1 Å². The zero-order valence-electron chi connectivity index (χ0n) is 11.2. The second kappa shape index (κ2) is 6.37. The number of hydrogen-bond donors (Lipinski definition) is 0. The van der Waals surface area contributed by atoms with Gasteiger partial charge in [0.05, 0.1) is 4.92 Å². The molecule has 0 heterocycles. The number of rotatable bonds is 5. The van der Waals surface area contributed by atoms with Crippen molar-refractivity contribution in [3.63, 3.8) is 0 Å². The van der Waals surface area contributed by atoms with E-state index < -0.39 is 4.92 Å². The molecule has 0 saturated carbocycles. The third kappa shape index (κ3) is 3.58. The van der Waals surface area contributed by atoms with Crippen molar-refractivity contribution in [2.75, 3.05) is 6.61 Å². The number of ether oxygens (including phenoxy) is 1. The Bertz CT molecular complexity index is 700. The first-order valence-electron chi connectivity index (χ1n) is 6.14. The fraction of sp³-hybridized carbons (Fsp3) is 0.133. The Balaban J connectivity index is 2.07. The predicted molar refractivity (Wildman–Crippen MR) is 79.1 cm³/mol. The number of benzene rings is 2. The quantitative estimate of drug-likeness (QED) is 0.478. The Labute approximate surface area is 126 Å². The average molecular weight is 306 g/mol. The highest BCUT2D eigenvalue weighted by Crippen LogP contribution is 2.28. The largest absolute Gasteiger partial charge is 0.485 e. The van der Waals surface area contributed by atoms with E-state index in [1.807, 2.05) is 19.1 Å². The van der Waals surface area contributed by atoms with Gasteiger partial charge in [0.1, 0.15) is 10.8 Å². The second-order valence-corrected chi connectivity index (χ2v) is 4.80. The standard InChI is InChI=1S/C15H12ClNO4/c1-10-4-2-3-5-12(10)15(18)9-21-11-6-7-14(17(19)20)13(16)8-11/h2-8H,9H2,1H3. The molecule has 0 bridgehead atoms. The van der Waals surface area contributed by atoms with Gasteiger partial charge < -0.3 is 4.74 Å². The summed E-state index contributed by atoms with van der Waals surface area (Å²) < 4.78 is 5.34. The van der Waals surface area contributed by atoms with E-state index in [4.69, 9.17) is 16.3 Å². The zero-order valence-corrected chi connectivity index (χ0v) is 12.0. The molecule has 21 heavy (non-hydrogen) atoms. The highest BCUT2D eigenvalue weighted by molar-refractivity contribution is 6.32. The van der Waals surface area contributed by atoms with E-state index in [9.17, 15) is 14.9 Å². The first-order chi connectivity index (χ1) is 9.99. The molecule has 0 radical (unpaired) electrons. The molecule has 0 atom stereocenters. The number of nitro groups is 1. The molecule has 2 aromatic rings. The molecule has 0 amide bonds. The summed E-state index contributed by atoms with van der Waals surface area (Å²) in [6, 6.07) is 11.2. The monoisotopic (exact) mass is 305 g/mol. The number of aryl methyl sites for hydroxylation is 1. The lowest BCUT2D eigenvalue weighted by atomic mass is 10.1. The molecule has 0 aliphatic carbocycles. The predicted octanol–water partition coefficient (Wildman–Crippen LogP) is 3.82. The minimum absolute atomic E-state index is 0.0270. The third-order valence-corrected chi connectivity index (χ3v) is 3.23. The SMILES string of the molecule is Cc1ccccc1C(=O)COc1ccc([N+](=O)[O-])c(Cl)c1.